The molecule has 2 aliphatic rings. The minimum atomic E-state index is -4.51. The summed E-state index contributed by atoms with van der Waals surface area (Å²) in [6, 6.07) is 7.81. The molecule has 37 heavy (non-hydrogen) atoms. The number of fused-ring (bicyclic) bond motifs is 2. The van der Waals surface area contributed by atoms with Gasteiger partial charge in [0.25, 0.3) is 0 Å². The van der Waals surface area contributed by atoms with Gasteiger partial charge in [0.15, 0.2) is 0 Å². The average Bonchev–Trinajstić information content (AvgIpc) is 2.86. The molecular weight excluding hydrogens is 487 g/mol. The molecule has 3 amide bonds. The van der Waals surface area contributed by atoms with Crippen LogP contribution < -0.4 is 15.4 Å². The summed E-state index contributed by atoms with van der Waals surface area (Å²) in [5.74, 6) is -0.330. The fourth-order valence-corrected chi connectivity index (χ4v) is 4.68. The van der Waals surface area contributed by atoms with Gasteiger partial charge in [0.1, 0.15) is 11.4 Å². The van der Waals surface area contributed by atoms with Crippen molar-refractivity contribution in [1.29, 1.82) is 0 Å². The van der Waals surface area contributed by atoms with Crippen molar-refractivity contribution < 1.29 is 32.6 Å². The van der Waals surface area contributed by atoms with Gasteiger partial charge >= 0.3 is 12.2 Å². The summed E-state index contributed by atoms with van der Waals surface area (Å²) in [5, 5.41) is 14.9. The molecule has 0 aromatic heterocycles. The standard InChI is InChI=1S/C27H30F3N3O4/c1-4-26(5-2)13-18(21-9-7-19(27(28,29)30)11-23(21)37-26)10-24(35)31-20-8-6-17-14-33(16(3)15-34)25(36)32-22(17)12-20/h6-12,16,34H,4-5,13-15H2,1-3H3,(H,31,35)(H,32,36)/t16-/m0/s1. The van der Waals surface area contributed by atoms with Crippen LogP contribution in [-0.4, -0.2) is 40.2 Å². The van der Waals surface area contributed by atoms with E-state index < -0.39 is 23.2 Å². The molecular formula is C27H30F3N3O4. The van der Waals surface area contributed by atoms with Crippen molar-refractivity contribution in [3.63, 3.8) is 0 Å². The highest BCUT2D eigenvalue weighted by atomic mass is 19.4. The highest BCUT2D eigenvalue weighted by Gasteiger charge is 2.38. The van der Waals surface area contributed by atoms with Gasteiger partial charge < -0.3 is 25.4 Å². The molecule has 198 valence electrons. The average molecular weight is 518 g/mol. The molecule has 0 bridgehead atoms. The molecule has 0 unspecified atom stereocenters. The van der Waals surface area contributed by atoms with Gasteiger partial charge in [-0.1, -0.05) is 26.0 Å². The maximum atomic E-state index is 13.3. The largest absolute Gasteiger partial charge is 0.486 e. The van der Waals surface area contributed by atoms with E-state index in [0.717, 1.165) is 17.7 Å². The Labute approximate surface area is 213 Å². The number of nitrogens with one attached hydrogen (secondary N) is 2. The van der Waals surface area contributed by atoms with E-state index in [1.54, 1.807) is 25.1 Å². The molecule has 2 aromatic rings. The first-order valence-electron chi connectivity index (χ1n) is 12.2. The molecule has 0 saturated heterocycles. The molecule has 1 atom stereocenters. The minimum absolute atomic E-state index is 0.113. The maximum Gasteiger partial charge on any atom is 0.416 e. The summed E-state index contributed by atoms with van der Waals surface area (Å²) in [7, 11) is 0. The Balaban J connectivity index is 1.59. The van der Waals surface area contributed by atoms with Crippen molar-refractivity contribution in [2.45, 2.75) is 64.4 Å². The molecule has 0 aliphatic carbocycles. The number of benzene rings is 2. The molecule has 0 spiro atoms. The lowest BCUT2D eigenvalue weighted by molar-refractivity contribution is -0.137. The first-order chi connectivity index (χ1) is 17.5. The van der Waals surface area contributed by atoms with Gasteiger partial charge in [-0.15, -0.1) is 0 Å². The Morgan fingerprint density at radius 2 is 1.97 bits per heavy atom. The second-order valence-corrected chi connectivity index (χ2v) is 9.50. The Morgan fingerprint density at radius 3 is 2.62 bits per heavy atom. The van der Waals surface area contributed by atoms with E-state index in [0.29, 0.717) is 48.3 Å². The molecule has 0 saturated carbocycles. The predicted octanol–water partition coefficient (Wildman–Crippen LogP) is 5.80. The number of hydrogen-bond acceptors (Lipinski definition) is 4. The first-order valence-corrected chi connectivity index (χ1v) is 12.2. The number of urea groups is 1. The minimum Gasteiger partial charge on any atom is -0.486 e. The summed E-state index contributed by atoms with van der Waals surface area (Å²) in [4.78, 5) is 26.9. The molecule has 2 aliphatic heterocycles. The topological polar surface area (TPSA) is 90.9 Å². The van der Waals surface area contributed by atoms with Gasteiger partial charge in [0.05, 0.1) is 18.2 Å². The number of hydrogen-bond donors (Lipinski definition) is 3. The van der Waals surface area contributed by atoms with Gasteiger partial charge in [0, 0.05) is 36.0 Å². The van der Waals surface area contributed by atoms with Gasteiger partial charge in [-0.2, -0.15) is 13.2 Å². The molecule has 4 rings (SSSR count). The number of aliphatic hydroxyl groups is 1. The van der Waals surface area contributed by atoms with Crippen molar-refractivity contribution in [1.82, 2.24) is 4.90 Å². The number of amides is 3. The van der Waals surface area contributed by atoms with E-state index >= 15 is 0 Å². The lowest BCUT2D eigenvalue weighted by Crippen LogP contribution is -2.45. The van der Waals surface area contributed by atoms with E-state index in [-0.39, 0.29) is 24.4 Å². The van der Waals surface area contributed by atoms with E-state index in [9.17, 15) is 27.9 Å². The zero-order valence-corrected chi connectivity index (χ0v) is 20.9. The smallest absolute Gasteiger partial charge is 0.416 e. The van der Waals surface area contributed by atoms with Crippen molar-refractivity contribution in [3.05, 3.63) is 59.2 Å². The quantitative estimate of drug-likeness (QED) is 0.423. The Kier molecular flexibility index (Phi) is 7.23. The second-order valence-electron chi connectivity index (χ2n) is 9.50. The van der Waals surface area contributed by atoms with Crippen LogP contribution in [0.3, 0.4) is 0 Å². The molecule has 0 radical (unpaired) electrons. The van der Waals surface area contributed by atoms with Gasteiger partial charge in [-0.3, -0.25) is 4.79 Å². The van der Waals surface area contributed by atoms with Crippen LogP contribution in [-0.2, 0) is 17.5 Å². The van der Waals surface area contributed by atoms with Gasteiger partial charge in [0.2, 0.25) is 5.91 Å². The fourth-order valence-electron chi connectivity index (χ4n) is 4.68. The third-order valence-electron chi connectivity index (χ3n) is 7.10. The summed E-state index contributed by atoms with van der Waals surface area (Å²) >= 11 is 0. The third kappa shape index (κ3) is 5.44. The van der Waals surface area contributed by atoms with Crippen LogP contribution >= 0.6 is 0 Å². The number of rotatable bonds is 6. The van der Waals surface area contributed by atoms with Crippen LogP contribution in [0.5, 0.6) is 5.75 Å². The van der Waals surface area contributed by atoms with Crippen LogP contribution in [0.15, 0.2) is 42.5 Å². The molecule has 2 heterocycles. The van der Waals surface area contributed by atoms with E-state index in [1.165, 1.54) is 17.0 Å². The zero-order chi connectivity index (χ0) is 27.0. The van der Waals surface area contributed by atoms with E-state index in [4.69, 9.17) is 4.74 Å². The Morgan fingerprint density at radius 1 is 1.24 bits per heavy atom. The lowest BCUT2D eigenvalue weighted by Gasteiger charge is -2.39. The van der Waals surface area contributed by atoms with Crippen LogP contribution in [0.25, 0.3) is 5.57 Å². The zero-order valence-electron chi connectivity index (χ0n) is 20.9. The van der Waals surface area contributed by atoms with E-state index in [1.807, 2.05) is 13.8 Å². The Bertz CT molecular complexity index is 1240. The highest BCUT2D eigenvalue weighted by molar-refractivity contribution is 6.05. The van der Waals surface area contributed by atoms with E-state index in [2.05, 4.69) is 10.6 Å². The molecule has 3 N–H and O–H groups in total. The number of anilines is 2. The van der Waals surface area contributed by atoms with Crippen LogP contribution in [0.4, 0.5) is 29.3 Å². The first kappa shape index (κ1) is 26.5. The number of halogens is 3. The number of carbonyl (C=O) groups excluding carboxylic acids is 2. The predicted molar refractivity (Wildman–Crippen MR) is 134 cm³/mol. The summed E-state index contributed by atoms with van der Waals surface area (Å²) in [5.41, 5.74) is 1.39. The molecule has 0 fully saturated rings. The van der Waals surface area contributed by atoms with Crippen LogP contribution in [0.2, 0.25) is 0 Å². The number of alkyl halides is 3. The van der Waals surface area contributed by atoms with Crippen molar-refractivity contribution in [2.75, 3.05) is 17.2 Å². The van der Waals surface area contributed by atoms with Crippen molar-refractivity contribution in [2.24, 2.45) is 0 Å². The molecule has 2 aromatic carbocycles. The van der Waals surface area contributed by atoms with Gasteiger partial charge in [-0.25, -0.2) is 4.79 Å². The summed E-state index contributed by atoms with van der Waals surface area (Å²) < 4.78 is 46.0. The monoisotopic (exact) mass is 517 g/mol. The number of aliphatic hydroxyl groups excluding tert-OH is 1. The number of carbonyl (C=O) groups is 2. The van der Waals surface area contributed by atoms with Crippen molar-refractivity contribution >= 4 is 28.9 Å². The maximum absolute atomic E-state index is 13.3. The number of ether oxygens (including phenoxy) is 1. The third-order valence-corrected chi connectivity index (χ3v) is 7.10. The summed E-state index contributed by atoms with van der Waals surface area (Å²) in [6.45, 7) is 5.73. The number of nitrogens with zero attached hydrogens (tertiary/aromatic N) is 1. The second kappa shape index (κ2) is 10.1. The highest BCUT2D eigenvalue weighted by Crippen LogP contribution is 2.45. The lowest BCUT2D eigenvalue weighted by atomic mass is 9.83. The van der Waals surface area contributed by atoms with Crippen LogP contribution in [0, 0.1) is 0 Å². The summed E-state index contributed by atoms with van der Waals surface area (Å²) in [6.07, 6.45) is -1.60. The van der Waals surface area contributed by atoms with Crippen LogP contribution in [0.1, 0.15) is 56.7 Å². The normalized spacial score (nSPS) is 18.4. The van der Waals surface area contributed by atoms with Crippen molar-refractivity contribution in [3.8, 4) is 5.75 Å². The fraction of sp³-hybridized carbons (Fsp3) is 0.407. The van der Waals surface area contributed by atoms with Gasteiger partial charge in [-0.05, 0) is 55.2 Å². The molecule has 7 nitrogen and oxygen atoms in total. The SMILES string of the molecule is CCC1(CC)CC(=CC(=O)Nc2ccc3c(c2)NC(=O)N([C@@H](C)CO)C3)c2ccc(C(F)(F)F)cc2O1. The Hall–Kier alpha value is -3.53. The molecule has 10 heteroatoms.